The summed E-state index contributed by atoms with van der Waals surface area (Å²) < 4.78 is 22.5. The summed E-state index contributed by atoms with van der Waals surface area (Å²) in [6.45, 7) is 2.37. The largest absolute Gasteiger partial charge is 0.469 e. The molecule has 0 unspecified atom stereocenters. The third-order valence-corrected chi connectivity index (χ3v) is 4.56. The van der Waals surface area contributed by atoms with Gasteiger partial charge in [0.05, 0.1) is 25.1 Å². The molecule has 0 saturated carbocycles. The van der Waals surface area contributed by atoms with Crippen LogP contribution in [0, 0.1) is 0 Å². The van der Waals surface area contributed by atoms with Gasteiger partial charge in [0.2, 0.25) is 5.28 Å². The highest BCUT2D eigenvalue weighted by atomic mass is 35.5. The van der Waals surface area contributed by atoms with Gasteiger partial charge in [-0.3, -0.25) is 14.4 Å². The number of aromatic nitrogens is 4. The predicted molar refractivity (Wildman–Crippen MR) is 97.0 cm³/mol. The number of methoxy groups -OCH3 is 1. The van der Waals surface area contributed by atoms with Gasteiger partial charge in [0, 0.05) is 13.8 Å². The van der Waals surface area contributed by atoms with Crippen molar-refractivity contribution in [1.82, 2.24) is 19.7 Å². The molecule has 1 aliphatic rings. The van der Waals surface area contributed by atoms with Gasteiger partial charge in [-0.05, 0) is 11.6 Å². The maximum absolute atomic E-state index is 11.8. The molecule has 29 heavy (non-hydrogen) atoms. The summed E-state index contributed by atoms with van der Waals surface area (Å²) in [4.78, 5) is 43.0. The second-order valence-electron chi connectivity index (χ2n) is 6.10. The molecule has 0 N–H and O–H groups in total. The Morgan fingerprint density at radius 2 is 1.79 bits per heavy atom. The summed E-state index contributed by atoms with van der Waals surface area (Å²) >= 11 is 12.0. The number of hydrogen-bond donors (Lipinski definition) is 0. The molecule has 0 spiro atoms. The lowest BCUT2D eigenvalue weighted by molar-refractivity contribution is -0.166. The van der Waals surface area contributed by atoms with E-state index in [-0.39, 0.29) is 22.5 Å². The lowest BCUT2D eigenvalue weighted by Gasteiger charge is -2.23. The molecule has 1 saturated heterocycles. The first-order chi connectivity index (χ1) is 13.7. The molecule has 2 aromatic rings. The van der Waals surface area contributed by atoms with Crippen LogP contribution in [0.3, 0.4) is 0 Å². The summed E-state index contributed by atoms with van der Waals surface area (Å²) in [5, 5.41) is 4.49. The van der Waals surface area contributed by atoms with Crippen LogP contribution in [0.5, 0.6) is 0 Å². The number of rotatable bonds is 5. The van der Waals surface area contributed by atoms with E-state index in [1.54, 1.807) is 0 Å². The molecule has 0 amide bonds. The van der Waals surface area contributed by atoms with Crippen LogP contribution in [-0.4, -0.2) is 63.1 Å². The molecule has 0 radical (unpaired) electrons. The Balaban J connectivity index is 2.06. The second-order valence-corrected chi connectivity index (χ2v) is 6.80. The average molecular weight is 447 g/mol. The Morgan fingerprint density at radius 1 is 1.14 bits per heavy atom. The van der Waals surface area contributed by atoms with Crippen molar-refractivity contribution in [2.45, 2.75) is 44.8 Å². The molecular weight excluding hydrogens is 431 g/mol. The van der Waals surface area contributed by atoms with Crippen molar-refractivity contribution in [1.29, 1.82) is 0 Å². The highest BCUT2D eigenvalue weighted by Crippen LogP contribution is 2.37. The van der Waals surface area contributed by atoms with Crippen LogP contribution in [0.4, 0.5) is 0 Å². The first kappa shape index (κ1) is 21.2. The fraction of sp³-hybridized carbons (Fsp3) is 0.500. The van der Waals surface area contributed by atoms with Crippen molar-refractivity contribution in [3.63, 3.8) is 0 Å². The van der Waals surface area contributed by atoms with Gasteiger partial charge in [-0.2, -0.15) is 10.1 Å². The Morgan fingerprint density at radius 3 is 2.41 bits per heavy atom. The standard InChI is InChI=1S/C16H16Cl2N4O7/c1-6(23)27-11-9(4-10(25)26-3)29-15(12(11)28-7(2)24)22-14-8(5-19-22)13(17)20-16(18)21-14/h5,9,11-12,15H,4H2,1-3H3/t9-,11-,12-,15-/m1/s1. The number of hydrogen-bond acceptors (Lipinski definition) is 10. The maximum Gasteiger partial charge on any atom is 0.308 e. The van der Waals surface area contributed by atoms with Crippen LogP contribution in [0.1, 0.15) is 26.5 Å². The van der Waals surface area contributed by atoms with Gasteiger partial charge in [0.15, 0.2) is 24.1 Å². The minimum atomic E-state index is -1.12. The zero-order valence-corrected chi connectivity index (χ0v) is 17.0. The summed E-state index contributed by atoms with van der Waals surface area (Å²) in [6, 6.07) is 0. The average Bonchev–Trinajstić information content (AvgIpc) is 3.17. The molecule has 11 nitrogen and oxygen atoms in total. The van der Waals surface area contributed by atoms with E-state index in [1.807, 2.05) is 0 Å². The summed E-state index contributed by atoms with van der Waals surface area (Å²) in [6.07, 6.45) is -3.13. The van der Waals surface area contributed by atoms with Crippen LogP contribution in [0.15, 0.2) is 6.20 Å². The van der Waals surface area contributed by atoms with Crippen molar-refractivity contribution >= 4 is 52.1 Å². The number of halogens is 2. The van der Waals surface area contributed by atoms with Crippen LogP contribution in [0.25, 0.3) is 11.0 Å². The van der Waals surface area contributed by atoms with Crippen molar-refractivity contribution in [3.8, 4) is 0 Å². The first-order valence-electron chi connectivity index (χ1n) is 8.34. The van der Waals surface area contributed by atoms with Crippen molar-refractivity contribution in [3.05, 3.63) is 16.6 Å². The van der Waals surface area contributed by atoms with E-state index in [0.29, 0.717) is 5.39 Å². The van der Waals surface area contributed by atoms with Gasteiger partial charge in [0.1, 0.15) is 11.3 Å². The van der Waals surface area contributed by atoms with Crippen molar-refractivity contribution in [2.24, 2.45) is 0 Å². The van der Waals surface area contributed by atoms with E-state index >= 15 is 0 Å². The summed E-state index contributed by atoms with van der Waals surface area (Å²) in [5.74, 6) is -1.90. The van der Waals surface area contributed by atoms with E-state index < -0.39 is 42.4 Å². The lowest BCUT2D eigenvalue weighted by Crippen LogP contribution is -2.39. The predicted octanol–water partition coefficient (Wildman–Crippen LogP) is 1.46. The summed E-state index contributed by atoms with van der Waals surface area (Å²) in [7, 11) is 1.21. The Hall–Kier alpha value is -2.50. The van der Waals surface area contributed by atoms with Gasteiger partial charge in [-0.25, -0.2) is 9.67 Å². The van der Waals surface area contributed by atoms with Gasteiger partial charge in [-0.1, -0.05) is 11.6 Å². The van der Waals surface area contributed by atoms with Crippen LogP contribution >= 0.6 is 23.2 Å². The number of fused-ring (bicyclic) bond motifs is 1. The third kappa shape index (κ3) is 4.41. The maximum atomic E-state index is 11.8. The number of esters is 3. The number of ether oxygens (including phenoxy) is 4. The zero-order valence-electron chi connectivity index (χ0n) is 15.5. The van der Waals surface area contributed by atoms with E-state index in [4.69, 9.17) is 37.4 Å². The van der Waals surface area contributed by atoms with Crippen LogP contribution in [0.2, 0.25) is 10.4 Å². The first-order valence-corrected chi connectivity index (χ1v) is 9.09. The molecule has 0 aromatic carbocycles. The van der Waals surface area contributed by atoms with Crippen molar-refractivity contribution < 1.29 is 33.3 Å². The minimum absolute atomic E-state index is 0.0657. The van der Waals surface area contributed by atoms with Crippen molar-refractivity contribution in [2.75, 3.05) is 7.11 Å². The Labute approximate surface area is 174 Å². The van der Waals surface area contributed by atoms with Gasteiger partial charge < -0.3 is 18.9 Å². The molecule has 3 heterocycles. The lowest BCUT2D eigenvalue weighted by atomic mass is 10.1. The van der Waals surface area contributed by atoms with Crippen LogP contribution in [-0.2, 0) is 33.3 Å². The molecule has 1 aliphatic heterocycles. The SMILES string of the molecule is COC(=O)C[C@H]1O[C@@H](n2ncc3c(Cl)nc(Cl)nc32)[C@H](OC(C)=O)[C@@H]1OC(C)=O. The van der Waals surface area contributed by atoms with Gasteiger partial charge >= 0.3 is 17.9 Å². The van der Waals surface area contributed by atoms with E-state index in [1.165, 1.54) is 31.8 Å². The highest BCUT2D eigenvalue weighted by molar-refractivity contribution is 6.35. The molecule has 13 heteroatoms. The molecule has 3 rings (SSSR count). The normalized spacial score (nSPS) is 23.8. The molecule has 156 valence electrons. The third-order valence-electron chi connectivity index (χ3n) is 4.11. The molecule has 1 fully saturated rings. The van der Waals surface area contributed by atoms with E-state index in [2.05, 4.69) is 19.8 Å². The minimum Gasteiger partial charge on any atom is -0.469 e. The zero-order chi connectivity index (χ0) is 21.3. The van der Waals surface area contributed by atoms with Gasteiger partial charge in [0.25, 0.3) is 0 Å². The van der Waals surface area contributed by atoms with Gasteiger partial charge in [-0.15, -0.1) is 0 Å². The Bertz CT molecular complexity index is 966. The number of carbonyl (C=O) groups excluding carboxylic acids is 3. The quantitative estimate of drug-likeness (QED) is 0.287. The topological polar surface area (TPSA) is 132 Å². The smallest absolute Gasteiger partial charge is 0.308 e. The van der Waals surface area contributed by atoms with E-state index in [9.17, 15) is 14.4 Å². The fourth-order valence-corrected chi connectivity index (χ4v) is 3.44. The molecule has 2 aromatic heterocycles. The number of carbonyl (C=O) groups is 3. The number of nitrogens with zero attached hydrogens (tertiary/aromatic N) is 4. The monoisotopic (exact) mass is 446 g/mol. The molecular formula is C16H16Cl2N4O7. The van der Waals surface area contributed by atoms with Crippen LogP contribution < -0.4 is 0 Å². The second kappa shape index (κ2) is 8.47. The fourth-order valence-electron chi connectivity index (χ4n) is 3.02. The molecule has 0 aliphatic carbocycles. The Kier molecular flexibility index (Phi) is 6.20. The molecule has 4 atom stereocenters. The van der Waals surface area contributed by atoms with E-state index in [0.717, 1.165) is 0 Å². The summed E-state index contributed by atoms with van der Waals surface area (Å²) in [5.41, 5.74) is 0.206. The molecule has 0 bridgehead atoms. The highest BCUT2D eigenvalue weighted by Gasteiger charge is 2.51.